The minimum absolute atomic E-state index is 0.0364. The van der Waals surface area contributed by atoms with Crippen LogP contribution < -0.4 is 11.2 Å². The molecule has 0 atom stereocenters. The van der Waals surface area contributed by atoms with E-state index in [0.29, 0.717) is 0 Å². The fourth-order valence-electron chi connectivity index (χ4n) is 1.07. The number of allylic oxidation sites excluding steroid dienone is 1. The van der Waals surface area contributed by atoms with Gasteiger partial charge in [0.2, 0.25) is 5.82 Å². The molecule has 0 amide bonds. The highest BCUT2D eigenvalue weighted by molar-refractivity contribution is 5.81. The molecule has 1 heterocycles. The molecule has 6 nitrogen and oxygen atoms in total. The molecular weight excluding hydrogens is 231 g/mol. The van der Waals surface area contributed by atoms with Gasteiger partial charge in [-0.1, -0.05) is 6.08 Å². The van der Waals surface area contributed by atoms with E-state index in [0.717, 1.165) is 16.8 Å². The summed E-state index contributed by atoms with van der Waals surface area (Å²) in [7, 11) is 0. The molecule has 1 rings (SSSR count). The van der Waals surface area contributed by atoms with Crippen molar-refractivity contribution in [1.82, 2.24) is 9.55 Å². The third-order valence-electron chi connectivity index (χ3n) is 1.81. The number of H-pyrrole nitrogens is 1. The van der Waals surface area contributed by atoms with Gasteiger partial charge in [0.05, 0.1) is 12.8 Å². The average molecular weight is 242 g/mol. The van der Waals surface area contributed by atoms with E-state index in [1.165, 1.54) is 6.08 Å². The van der Waals surface area contributed by atoms with Crippen molar-refractivity contribution in [3.8, 4) is 0 Å². The van der Waals surface area contributed by atoms with Crippen molar-refractivity contribution >= 4 is 5.97 Å². The number of halogens is 1. The third-order valence-corrected chi connectivity index (χ3v) is 1.81. The third kappa shape index (κ3) is 3.71. The van der Waals surface area contributed by atoms with Gasteiger partial charge in [-0.2, -0.15) is 4.39 Å². The zero-order valence-corrected chi connectivity index (χ0v) is 9.10. The summed E-state index contributed by atoms with van der Waals surface area (Å²) in [6.07, 6.45) is 3.23. The Bertz CT molecular complexity index is 544. The molecule has 0 fully saturated rings. The lowest BCUT2D eigenvalue weighted by Crippen LogP contribution is -2.31. The zero-order valence-electron chi connectivity index (χ0n) is 9.10. The summed E-state index contributed by atoms with van der Waals surface area (Å²) < 4.78 is 18.4. The maximum atomic E-state index is 12.8. The van der Waals surface area contributed by atoms with E-state index < -0.39 is 23.0 Å². The molecule has 1 aromatic heterocycles. The lowest BCUT2D eigenvalue weighted by Gasteiger charge is -2.00. The summed E-state index contributed by atoms with van der Waals surface area (Å²) >= 11 is 0. The molecule has 0 radical (unpaired) electrons. The van der Waals surface area contributed by atoms with Crippen LogP contribution in [-0.4, -0.2) is 22.1 Å². The van der Waals surface area contributed by atoms with Gasteiger partial charge in [0.1, 0.15) is 0 Å². The highest BCUT2D eigenvalue weighted by Gasteiger charge is 2.02. The van der Waals surface area contributed by atoms with Crippen LogP contribution in [0.1, 0.15) is 6.92 Å². The smallest absolute Gasteiger partial charge is 0.330 e. The monoisotopic (exact) mass is 242 g/mol. The van der Waals surface area contributed by atoms with Crippen molar-refractivity contribution in [2.75, 3.05) is 6.61 Å². The maximum absolute atomic E-state index is 12.8. The van der Waals surface area contributed by atoms with Crippen LogP contribution in [0.3, 0.4) is 0 Å². The Morgan fingerprint density at radius 1 is 1.59 bits per heavy atom. The van der Waals surface area contributed by atoms with Gasteiger partial charge in [0, 0.05) is 12.6 Å². The lowest BCUT2D eigenvalue weighted by atomic mass is 10.4. The van der Waals surface area contributed by atoms with Crippen LogP contribution in [0.2, 0.25) is 0 Å². The number of carbonyl (C=O) groups is 1. The Hall–Kier alpha value is -2.18. The largest absolute Gasteiger partial charge is 0.463 e. The van der Waals surface area contributed by atoms with Crippen LogP contribution in [0.5, 0.6) is 0 Å². The Kier molecular flexibility index (Phi) is 4.38. The van der Waals surface area contributed by atoms with E-state index in [-0.39, 0.29) is 13.2 Å². The van der Waals surface area contributed by atoms with Crippen molar-refractivity contribution in [2.24, 2.45) is 0 Å². The van der Waals surface area contributed by atoms with Crippen molar-refractivity contribution in [3.63, 3.8) is 0 Å². The predicted molar refractivity (Wildman–Crippen MR) is 57.1 cm³/mol. The van der Waals surface area contributed by atoms with E-state index >= 15 is 0 Å². The average Bonchev–Trinajstić information content (AvgIpc) is 2.26. The minimum Gasteiger partial charge on any atom is -0.463 e. The Morgan fingerprint density at radius 2 is 2.29 bits per heavy atom. The molecule has 0 aliphatic carbocycles. The second-order valence-electron chi connectivity index (χ2n) is 3.04. The molecular formula is C10H11FN2O4. The van der Waals surface area contributed by atoms with Gasteiger partial charge in [-0.15, -0.1) is 0 Å². The van der Waals surface area contributed by atoms with E-state index in [4.69, 9.17) is 0 Å². The Balaban J connectivity index is 2.77. The molecule has 0 aliphatic rings. The summed E-state index contributed by atoms with van der Waals surface area (Å²) in [4.78, 5) is 34.6. The van der Waals surface area contributed by atoms with Crippen LogP contribution >= 0.6 is 0 Å². The van der Waals surface area contributed by atoms with E-state index in [1.807, 2.05) is 0 Å². The number of carbonyl (C=O) groups excluding carboxylic acids is 1. The van der Waals surface area contributed by atoms with Gasteiger partial charge >= 0.3 is 11.7 Å². The van der Waals surface area contributed by atoms with Crippen molar-refractivity contribution < 1.29 is 13.9 Å². The Morgan fingerprint density at radius 3 is 2.94 bits per heavy atom. The molecule has 1 aromatic rings. The molecule has 0 unspecified atom stereocenters. The van der Waals surface area contributed by atoms with Crippen molar-refractivity contribution in [1.29, 1.82) is 0 Å². The first-order chi connectivity index (χ1) is 8.04. The molecule has 17 heavy (non-hydrogen) atoms. The van der Waals surface area contributed by atoms with Gasteiger partial charge in [-0.25, -0.2) is 9.59 Å². The maximum Gasteiger partial charge on any atom is 0.330 e. The van der Waals surface area contributed by atoms with Gasteiger partial charge in [0.15, 0.2) is 0 Å². The molecule has 0 saturated carbocycles. The number of nitrogens with one attached hydrogen (secondary N) is 1. The van der Waals surface area contributed by atoms with Gasteiger partial charge < -0.3 is 4.74 Å². The number of nitrogens with zero attached hydrogens (tertiary/aromatic N) is 1. The topological polar surface area (TPSA) is 81.2 Å². The Labute approximate surface area is 95.3 Å². The zero-order chi connectivity index (χ0) is 12.8. The minimum atomic E-state index is -1.07. The molecule has 0 aromatic carbocycles. The highest BCUT2D eigenvalue weighted by Crippen LogP contribution is 1.87. The fraction of sp³-hybridized carbons (Fsp3) is 0.300. The van der Waals surface area contributed by atoms with Crippen LogP contribution in [0.4, 0.5) is 4.39 Å². The summed E-state index contributed by atoms with van der Waals surface area (Å²) in [5.74, 6) is -1.61. The number of ether oxygens (including phenoxy) is 1. The molecule has 0 aliphatic heterocycles. The number of hydrogen-bond donors (Lipinski definition) is 1. The molecule has 0 bridgehead atoms. The van der Waals surface area contributed by atoms with Crippen LogP contribution in [0.15, 0.2) is 27.9 Å². The summed E-state index contributed by atoms with van der Waals surface area (Å²) in [5, 5.41) is 0. The number of aromatic nitrogens is 2. The number of hydrogen-bond acceptors (Lipinski definition) is 4. The van der Waals surface area contributed by atoms with E-state index in [9.17, 15) is 18.8 Å². The first-order valence-electron chi connectivity index (χ1n) is 4.87. The fourth-order valence-corrected chi connectivity index (χ4v) is 1.07. The molecule has 0 spiro atoms. The first kappa shape index (κ1) is 12.9. The van der Waals surface area contributed by atoms with Crippen molar-refractivity contribution in [2.45, 2.75) is 13.5 Å². The molecule has 0 saturated heterocycles. The van der Waals surface area contributed by atoms with Gasteiger partial charge in [0.25, 0.3) is 5.56 Å². The second-order valence-corrected chi connectivity index (χ2v) is 3.04. The van der Waals surface area contributed by atoms with E-state index in [2.05, 4.69) is 4.74 Å². The SMILES string of the molecule is CCOC(=O)/C=C/Cn1cc(F)c(=O)[nH]c1=O. The van der Waals surface area contributed by atoms with Crippen molar-refractivity contribution in [3.05, 3.63) is 45.0 Å². The molecule has 1 N–H and O–H groups in total. The quantitative estimate of drug-likeness (QED) is 0.585. The second kappa shape index (κ2) is 5.78. The van der Waals surface area contributed by atoms with Gasteiger partial charge in [-0.3, -0.25) is 14.3 Å². The summed E-state index contributed by atoms with van der Waals surface area (Å²) in [6, 6.07) is 0. The number of aromatic amines is 1. The number of esters is 1. The highest BCUT2D eigenvalue weighted by atomic mass is 19.1. The van der Waals surface area contributed by atoms with Crippen LogP contribution in [-0.2, 0) is 16.1 Å². The first-order valence-corrected chi connectivity index (χ1v) is 4.87. The van der Waals surface area contributed by atoms with Gasteiger partial charge in [-0.05, 0) is 6.92 Å². The normalized spacial score (nSPS) is 10.7. The van der Waals surface area contributed by atoms with Crippen LogP contribution in [0.25, 0.3) is 0 Å². The van der Waals surface area contributed by atoms with Crippen LogP contribution in [0, 0.1) is 5.82 Å². The lowest BCUT2D eigenvalue weighted by molar-refractivity contribution is -0.137. The molecule has 92 valence electrons. The molecule has 7 heteroatoms. The predicted octanol–water partition coefficient (Wildman–Crippen LogP) is -0.205. The summed E-state index contributed by atoms with van der Waals surface area (Å²) in [6.45, 7) is 1.87. The summed E-state index contributed by atoms with van der Waals surface area (Å²) in [5.41, 5.74) is -1.81. The standard InChI is InChI=1S/C10H11FN2O4/c1-2-17-8(14)4-3-5-13-6-7(11)9(15)12-10(13)16/h3-4,6H,2,5H2,1H3,(H,12,15,16)/b4-3+. The number of rotatable bonds is 4. The van der Waals surface area contributed by atoms with E-state index in [1.54, 1.807) is 11.9 Å².